The molecule has 0 saturated carbocycles. The molecule has 63 heavy (non-hydrogen) atoms. The van der Waals surface area contributed by atoms with Crippen LogP contribution < -0.4 is 0 Å². The number of phosphoric ester groups is 1. The highest BCUT2D eigenvalue weighted by molar-refractivity contribution is 7.47. The molecule has 0 radical (unpaired) electrons. The molecule has 0 aliphatic heterocycles. The average molecular weight is 913 g/mol. The summed E-state index contributed by atoms with van der Waals surface area (Å²) >= 11 is 0. The summed E-state index contributed by atoms with van der Waals surface area (Å²) < 4.78 is 34.4. The lowest BCUT2D eigenvalue weighted by Gasteiger charge is -2.24. The molecule has 0 rings (SSSR count). The second-order valence-corrected chi connectivity index (χ2v) is 20.7. The van der Waals surface area contributed by atoms with E-state index in [1.165, 1.54) is 154 Å². The van der Waals surface area contributed by atoms with Gasteiger partial charge in [0.25, 0.3) is 0 Å². The molecule has 2 unspecified atom stereocenters. The molecule has 0 bridgehead atoms. The van der Waals surface area contributed by atoms with Crippen LogP contribution in [-0.2, 0) is 32.7 Å². The van der Waals surface area contributed by atoms with E-state index in [-0.39, 0.29) is 25.6 Å². The van der Waals surface area contributed by atoms with Crippen LogP contribution in [0.25, 0.3) is 0 Å². The third-order valence-corrected chi connectivity index (χ3v) is 12.7. The van der Waals surface area contributed by atoms with E-state index in [1.807, 2.05) is 21.1 Å². The van der Waals surface area contributed by atoms with E-state index in [2.05, 4.69) is 38.2 Å². The van der Waals surface area contributed by atoms with Crippen molar-refractivity contribution in [3.05, 3.63) is 24.3 Å². The molecule has 9 nitrogen and oxygen atoms in total. The lowest BCUT2D eigenvalue weighted by Crippen LogP contribution is -2.37. The number of hydrogen-bond acceptors (Lipinski definition) is 7. The Labute approximate surface area is 389 Å². The molecule has 0 spiro atoms. The molecule has 10 heteroatoms. The predicted octanol–water partition coefficient (Wildman–Crippen LogP) is 15.9. The fraction of sp³-hybridized carbons (Fsp3) is 0.887. The van der Waals surface area contributed by atoms with Gasteiger partial charge in [-0.1, -0.05) is 224 Å². The lowest BCUT2D eigenvalue weighted by atomic mass is 10.0. The van der Waals surface area contributed by atoms with Gasteiger partial charge >= 0.3 is 19.8 Å². The Morgan fingerprint density at radius 3 is 1.32 bits per heavy atom. The summed E-state index contributed by atoms with van der Waals surface area (Å²) in [6, 6.07) is 0. The number of phosphoric acid groups is 1. The van der Waals surface area contributed by atoms with Gasteiger partial charge in [-0.05, 0) is 38.5 Å². The number of nitrogens with zero attached hydrogens (tertiary/aromatic N) is 1. The first-order valence-corrected chi connectivity index (χ1v) is 28.1. The number of likely N-dealkylation sites (N-methyl/N-ethyl adjacent to an activating group) is 1. The molecule has 0 heterocycles. The zero-order valence-corrected chi connectivity index (χ0v) is 43.0. The molecular weight excluding hydrogens is 810 g/mol. The number of allylic oxidation sites excluding steroid dienone is 4. The van der Waals surface area contributed by atoms with Crippen molar-refractivity contribution >= 4 is 19.8 Å². The highest BCUT2D eigenvalue weighted by Crippen LogP contribution is 2.43. The Balaban J connectivity index is 4.08. The van der Waals surface area contributed by atoms with Crippen molar-refractivity contribution in [2.45, 2.75) is 258 Å². The van der Waals surface area contributed by atoms with Gasteiger partial charge < -0.3 is 18.9 Å². The second-order valence-electron chi connectivity index (χ2n) is 19.3. The number of carbonyl (C=O) groups excluding carboxylic acids is 2. The maximum Gasteiger partial charge on any atom is 0.472 e. The van der Waals surface area contributed by atoms with Gasteiger partial charge in [0.1, 0.15) is 19.8 Å². The number of hydrogen-bond donors (Lipinski definition) is 1. The van der Waals surface area contributed by atoms with Crippen LogP contribution in [0.15, 0.2) is 24.3 Å². The summed E-state index contributed by atoms with van der Waals surface area (Å²) in [5.41, 5.74) is 0. The summed E-state index contributed by atoms with van der Waals surface area (Å²) in [6.45, 7) is 4.38. The number of unbranched alkanes of at least 4 members (excludes halogenated alkanes) is 31. The predicted molar refractivity (Wildman–Crippen MR) is 266 cm³/mol. The number of esters is 2. The maximum absolute atomic E-state index is 12.7. The van der Waals surface area contributed by atoms with Crippen molar-refractivity contribution in [1.82, 2.24) is 0 Å². The van der Waals surface area contributed by atoms with Gasteiger partial charge in [0.2, 0.25) is 0 Å². The molecule has 0 fully saturated rings. The molecule has 0 aromatic heterocycles. The first kappa shape index (κ1) is 61.5. The molecule has 0 aliphatic carbocycles. The van der Waals surface area contributed by atoms with E-state index in [4.69, 9.17) is 18.5 Å². The SMILES string of the molecule is CCC/C=C\C/C=C\CCCCCCCC(=O)OC(COC(=O)CCCCCCCCCCCCCCCCCCCCCCCCCCCC)COP(=O)(O)OCC[N+](C)(C)C. The van der Waals surface area contributed by atoms with E-state index in [9.17, 15) is 19.0 Å². The minimum Gasteiger partial charge on any atom is -0.462 e. The fourth-order valence-electron chi connectivity index (χ4n) is 7.58. The highest BCUT2D eigenvalue weighted by Gasteiger charge is 2.27. The number of carbonyl (C=O) groups is 2. The van der Waals surface area contributed by atoms with Crippen molar-refractivity contribution in [3.8, 4) is 0 Å². The summed E-state index contributed by atoms with van der Waals surface area (Å²) in [5.74, 6) is -0.803. The first-order valence-electron chi connectivity index (χ1n) is 26.6. The van der Waals surface area contributed by atoms with Crippen molar-refractivity contribution in [1.29, 1.82) is 0 Å². The minimum atomic E-state index is -4.38. The summed E-state index contributed by atoms with van der Waals surface area (Å²) in [6.07, 6.45) is 52.5. The average Bonchev–Trinajstić information content (AvgIpc) is 3.24. The maximum atomic E-state index is 12.7. The van der Waals surface area contributed by atoms with Crippen molar-refractivity contribution in [3.63, 3.8) is 0 Å². The van der Waals surface area contributed by atoms with Gasteiger partial charge in [-0.3, -0.25) is 18.6 Å². The lowest BCUT2D eigenvalue weighted by molar-refractivity contribution is -0.870. The molecule has 2 atom stereocenters. The Morgan fingerprint density at radius 1 is 0.492 bits per heavy atom. The molecule has 372 valence electrons. The van der Waals surface area contributed by atoms with Crippen LogP contribution in [0.5, 0.6) is 0 Å². The number of ether oxygens (including phenoxy) is 2. The van der Waals surface area contributed by atoms with Crippen LogP contribution in [0, 0.1) is 0 Å². The Kier molecular flexibility index (Phi) is 44.5. The number of quaternary nitrogens is 1. The summed E-state index contributed by atoms with van der Waals surface area (Å²) in [4.78, 5) is 35.5. The first-order chi connectivity index (χ1) is 30.5. The molecule has 0 saturated heterocycles. The topological polar surface area (TPSA) is 108 Å². The Bertz CT molecular complexity index is 1120. The zero-order chi connectivity index (χ0) is 46.4. The van der Waals surface area contributed by atoms with Gasteiger partial charge in [-0.15, -0.1) is 0 Å². The van der Waals surface area contributed by atoms with Crippen molar-refractivity contribution < 1.29 is 42.1 Å². The molecule has 0 aromatic carbocycles. The fourth-order valence-corrected chi connectivity index (χ4v) is 8.33. The van der Waals surface area contributed by atoms with Crippen LogP contribution in [0.3, 0.4) is 0 Å². The molecule has 0 aromatic rings. The van der Waals surface area contributed by atoms with Gasteiger partial charge in [-0.2, -0.15) is 0 Å². The van der Waals surface area contributed by atoms with Crippen LogP contribution in [0.1, 0.15) is 251 Å². The van der Waals surface area contributed by atoms with Gasteiger partial charge in [-0.25, -0.2) is 4.57 Å². The minimum absolute atomic E-state index is 0.0308. The third-order valence-electron chi connectivity index (χ3n) is 11.7. The van der Waals surface area contributed by atoms with Crippen LogP contribution in [0.4, 0.5) is 0 Å². The van der Waals surface area contributed by atoms with Crippen molar-refractivity contribution in [2.24, 2.45) is 0 Å². The molecule has 1 N–H and O–H groups in total. The largest absolute Gasteiger partial charge is 0.472 e. The quantitative estimate of drug-likeness (QED) is 0.0211. The van der Waals surface area contributed by atoms with Gasteiger partial charge in [0.15, 0.2) is 6.10 Å². The molecular formula is C53H103NO8P+. The molecule has 0 amide bonds. The summed E-state index contributed by atoms with van der Waals surface area (Å²) in [7, 11) is 1.48. The van der Waals surface area contributed by atoms with E-state index < -0.39 is 26.5 Å². The Morgan fingerprint density at radius 2 is 0.889 bits per heavy atom. The smallest absolute Gasteiger partial charge is 0.462 e. The summed E-state index contributed by atoms with van der Waals surface area (Å²) in [5, 5.41) is 0. The zero-order valence-electron chi connectivity index (χ0n) is 42.1. The van der Waals surface area contributed by atoms with E-state index in [1.54, 1.807) is 0 Å². The van der Waals surface area contributed by atoms with Crippen LogP contribution in [-0.4, -0.2) is 74.9 Å². The van der Waals surface area contributed by atoms with Gasteiger partial charge in [0, 0.05) is 12.8 Å². The van der Waals surface area contributed by atoms with E-state index in [0.29, 0.717) is 23.9 Å². The van der Waals surface area contributed by atoms with Gasteiger partial charge in [0.05, 0.1) is 27.7 Å². The number of rotatable bonds is 49. The van der Waals surface area contributed by atoms with E-state index >= 15 is 0 Å². The monoisotopic (exact) mass is 913 g/mol. The second kappa shape index (κ2) is 45.6. The van der Waals surface area contributed by atoms with E-state index in [0.717, 1.165) is 64.2 Å². The van der Waals surface area contributed by atoms with Crippen LogP contribution in [0.2, 0.25) is 0 Å². The Hall–Kier alpha value is -1.51. The van der Waals surface area contributed by atoms with Crippen LogP contribution >= 0.6 is 7.82 Å². The van der Waals surface area contributed by atoms with Crippen molar-refractivity contribution in [2.75, 3.05) is 47.5 Å². The third kappa shape index (κ3) is 49.8. The highest BCUT2D eigenvalue weighted by atomic mass is 31.2. The molecule has 0 aliphatic rings. The normalized spacial score (nSPS) is 13.6. The standard InChI is InChI=1S/C53H102NO8P/c1-6-8-10-12-14-16-18-20-21-22-23-24-25-26-27-28-29-30-31-32-34-35-37-39-41-43-45-52(55)59-49-51(50-61-63(57,58)60-48-47-54(3,4)5)62-53(56)46-44-42-40-38-36-33-19-17-15-13-11-9-7-2/h11,13,17,19,51H,6-10,12,14-16,18,20-50H2,1-5H3/p+1/b13-11-,19-17-.